The minimum atomic E-state index is -1.41. The van der Waals surface area contributed by atoms with Gasteiger partial charge in [0, 0.05) is 6.42 Å². The Balaban J connectivity index is 1.40. The molecule has 0 spiro atoms. The normalized spacial score (nSPS) is 21.9. The summed E-state index contributed by atoms with van der Waals surface area (Å²) in [6.07, 6.45) is 1.95. The summed E-state index contributed by atoms with van der Waals surface area (Å²) in [4.78, 5) is 40.2. The van der Waals surface area contributed by atoms with E-state index in [2.05, 4.69) is 10.4 Å². The fourth-order valence-corrected chi connectivity index (χ4v) is 4.39. The van der Waals surface area contributed by atoms with Crippen LogP contribution in [0.2, 0.25) is 0 Å². The largest absolute Gasteiger partial charge is 0.467 e. The van der Waals surface area contributed by atoms with Crippen molar-refractivity contribution in [2.75, 3.05) is 6.54 Å². The average Bonchev–Trinajstić information content (AvgIpc) is 3.56. The Kier molecular flexibility index (Phi) is 5.47. The number of hydrogen-bond donors (Lipinski definition) is 1. The number of furan rings is 1. The van der Waals surface area contributed by atoms with E-state index in [9.17, 15) is 18.8 Å². The van der Waals surface area contributed by atoms with E-state index in [0.717, 1.165) is 16.0 Å². The lowest BCUT2D eigenvalue weighted by atomic mass is 9.92. The van der Waals surface area contributed by atoms with Gasteiger partial charge in [-0.05, 0) is 49.2 Å². The van der Waals surface area contributed by atoms with E-state index in [-0.39, 0.29) is 0 Å². The molecule has 1 N–H and O–H groups in total. The number of hydrazone groups is 1. The van der Waals surface area contributed by atoms with Gasteiger partial charge in [-0.2, -0.15) is 5.10 Å². The van der Waals surface area contributed by atoms with Gasteiger partial charge in [0.05, 0.1) is 12.0 Å². The fourth-order valence-electron chi connectivity index (χ4n) is 4.39. The first-order valence-electron chi connectivity index (χ1n) is 11.2. The fraction of sp³-hybridized carbons (Fsp3) is 0.231. The lowest BCUT2D eigenvalue weighted by Gasteiger charge is -2.24. The molecule has 4 amide bonds. The Hall–Kier alpha value is -4.27. The van der Waals surface area contributed by atoms with Crippen LogP contribution in [0.25, 0.3) is 0 Å². The molecule has 9 heteroatoms. The number of rotatable bonds is 5. The smallest absolute Gasteiger partial charge is 0.325 e. The van der Waals surface area contributed by atoms with E-state index in [4.69, 9.17) is 4.42 Å². The van der Waals surface area contributed by atoms with Gasteiger partial charge in [-0.25, -0.2) is 14.2 Å². The first-order valence-corrected chi connectivity index (χ1v) is 11.2. The number of halogens is 1. The molecule has 1 saturated heterocycles. The van der Waals surface area contributed by atoms with E-state index >= 15 is 0 Å². The van der Waals surface area contributed by atoms with Crippen molar-refractivity contribution in [3.05, 3.63) is 95.2 Å². The minimum Gasteiger partial charge on any atom is -0.467 e. The van der Waals surface area contributed by atoms with Gasteiger partial charge in [0.25, 0.3) is 11.8 Å². The minimum absolute atomic E-state index is 0.418. The highest BCUT2D eigenvalue weighted by Crippen LogP contribution is 2.34. The number of carbonyl (C=O) groups is 3. The van der Waals surface area contributed by atoms with Crippen LogP contribution >= 0.6 is 0 Å². The number of aryl methyl sites for hydroxylation is 1. The third kappa shape index (κ3) is 3.99. The lowest BCUT2D eigenvalue weighted by Crippen LogP contribution is -2.43. The Morgan fingerprint density at radius 2 is 1.86 bits per heavy atom. The van der Waals surface area contributed by atoms with Crippen LogP contribution in [0.1, 0.15) is 41.8 Å². The summed E-state index contributed by atoms with van der Waals surface area (Å²) in [5.41, 5.74) is 1.69. The zero-order chi connectivity index (χ0) is 24.7. The van der Waals surface area contributed by atoms with Crippen LogP contribution in [0, 0.1) is 12.7 Å². The van der Waals surface area contributed by atoms with E-state index in [1.165, 1.54) is 42.5 Å². The highest BCUT2D eigenvalue weighted by atomic mass is 19.1. The van der Waals surface area contributed by atoms with E-state index in [1.54, 1.807) is 12.1 Å². The van der Waals surface area contributed by atoms with Gasteiger partial charge in [0.15, 0.2) is 0 Å². The molecule has 2 aliphatic rings. The topological polar surface area (TPSA) is 95.2 Å². The maximum absolute atomic E-state index is 13.4. The van der Waals surface area contributed by atoms with E-state index < -0.39 is 41.8 Å². The predicted molar refractivity (Wildman–Crippen MR) is 125 cm³/mol. The van der Waals surface area contributed by atoms with Crippen molar-refractivity contribution in [1.29, 1.82) is 0 Å². The molecule has 1 fully saturated rings. The molecule has 0 saturated carbocycles. The molecular weight excluding hydrogens is 451 g/mol. The van der Waals surface area contributed by atoms with Crippen molar-refractivity contribution in [2.45, 2.75) is 31.8 Å². The number of amides is 4. The van der Waals surface area contributed by atoms with Gasteiger partial charge >= 0.3 is 6.03 Å². The first kappa shape index (κ1) is 22.5. The van der Waals surface area contributed by atoms with Crippen LogP contribution in [0.15, 0.2) is 76.4 Å². The molecule has 35 heavy (non-hydrogen) atoms. The maximum atomic E-state index is 13.4. The van der Waals surface area contributed by atoms with Crippen molar-refractivity contribution < 1.29 is 23.2 Å². The standard InChI is InChI=1S/C26H23FN4O4/c1-16-5-7-17(8-6-16)20-14-21(22-4-3-13-35-22)31(29-20)23(32)15-30-24(33)26(2,28-25(30)34)18-9-11-19(27)12-10-18/h3-13,21H,14-15H2,1-2H3,(H,28,34)/t21-,26-/m1/s1. The van der Waals surface area contributed by atoms with E-state index in [1.807, 2.05) is 31.2 Å². The van der Waals surface area contributed by atoms with Gasteiger partial charge in [-0.3, -0.25) is 14.5 Å². The highest BCUT2D eigenvalue weighted by Gasteiger charge is 2.50. The lowest BCUT2D eigenvalue weighted by molar-refractivity contribution is -0.140. The van der Waals surface area contributed by atoms with Crippen LogP contribution in [0.4, 0.5) is 9.18 Å². The van der Waals surface area contributed by atoms with Crippen molar-refractivity contribution >= 4 is 23.6 Å². The second-order valence-electron chi connectivity index (χ2n) is 8.84. The van der Waals surface area contributed by atoms with Crippen LogP contribution < -0.4 is 5.32 Å². The van der Waals surface area contributed by atoms with Crippen molar-refractivity contribution in [3.8, 4) is 0 Å². The van der Waals surface area contributed by atoms with Gasteiger partial charge in [-0.1, -0.05) is 42.0 Å². The molecule has 2 atom stereocenters. The quantitative estimate of drug-likeness (QED) is 0.568. The summed E-state index contributed by atoms with van der Waals surface area (Å²) in [5.74, 6) is -1.03. The van der Waals surface area contributed by atoms with Crippen LogP contribution in [-0.2, 0) is 15.1 Å². The number of hydrogen-bond acceptors (Lipinski definition) is 5. The number of benzene rings is 2. The summed E-state index contributed by atoms with van der Waals surface area (Å²) >= 11 is 0. The molecule has 1 aromatic heterocycles. The SMILES string of the molecule is Cc1ccc(C2=NN(C(=O)CN3C(=O)N[C@](C)(c4ccc(F)cc4)C3=O)[C@@H](c3ccco3)C2)cc1. The number of imide groups is 1. The third-order valence-electron chi connectivity index (χ3n) is 6.41. The summed E-state index contributed by atoms with van der Waals surface area (Å²) in [5, 5.41) is 8.46. The second kappa shape index (κ2) is 8.50. The Morgan fingerprint density at radius 3 is 2.51 bits per heavy atom. The second-order valence-corrected chi connectivity index (χ2v) is 8.84. The van der Waals surface area contributed by atoms with Gasteiger partial charge in [0.1, 0.15) is 29.7 Å². The summed E-state index contributed by atoms with van der Waals surface area (Å²) in [6.45, 7) is 3.02. The molecule has 2 aromatic carbocycles. The zero-order valence-electron chi connectivity index (χ0n) is 19.2. The first-order chi connectivity index (χ1) is 16.8. The summed E-state index contributed by atoms with van der Waals surface area (Å²) in [7, 11) is 0. The number of nitrogens with zero attached hydrogens (tertiary/aromatic N) is 3. The van der Waals surface area contributed by atoms with Crippen LogP contribution in [0.5, 0.6) is 0 Å². The molecule has 0 bridgehead atoms. The molecule has 2 aliphatic heterocycles. The highest BCUT2D eigenvalue weighted by molar-refractivity contribution is 6.09. The summed E-state index contributed by atoms with van der Waals surface area (Å²) < 4.78 is 18.9. The zero-order valence-corrected chi connectivity index (χ0v) is 19.2. The Bertz CT molecular complexity index is 1320. The van der Waals surface area contributed by atoms with Crippen molar-refractivity contribution in [3.63, 3.8) is 0 Å². The monoisotopic (exact) mass is 474 g/mol. The molecular formula is C26H23FN4O4. The maximum Gasteiger partial charge on any atom is 0.325 e. The molecule has 0 aliphatic carbocycles. The number of carbonyl (C=O) groups excluding carboxylic acids is 3. The van der Waals surface area contributed by atoms with E-state index in [0.29, 0.717) is 23.5 Å². The van der Waals surface area contributed by atoms with Crippen LogP contribution in [-0.4, -0.2) is 40.0 Å². The Labute approximate surface area is 201 Å². The van der Waals surface area contributed by atoms with Crippen LogP contribution in [0.3, 0.4) is 0 Å². The predicted octanol–water partition coefficient (Wildman–Crippen LogP) is 3.87. The van der Waals surface area contributed by atoms with Gasteiger partial charge < -0.3 is 9.73 Å². The van der Waals surface area contributed by atoms with Gasteiger partial charge in [0.2, 0.25) is 0 Å². The molecule has 0 radical (unpaired) electrons. The van der Waals surface area contributed by atoms with Gasteiger partial charge in [-0.15, -0.1) is 0 Å². The molecule has 5 rings (SSSR count). The molecule has 3 aromatic rings. The average molecular weight is 474 g/mol. The Morgan fingerprint density at radius 1 is 1.14 bits per heavy atom. The van der Waals surface area contributed by atoms with Crippen molar-refractivity contribution in [1.82, 2.24) is 15.2 Å². The number of nitrogens with one attached hydrogen (secondary N) is 1. The molecule has 8 nitrogen and oxygen atoms in total. The molecule has 178 valence electrons. The molecule has 3 heterocycles. The van der Waals surface area contributed by atoms with Crippen molar-refractivity contribution in [2.24, 2.45) is 5.10 Å². The summed E-state index contributed by atoms with van der Waals surface area (Å²) in [6, 6.07) is 15.4. The third-order valence-corrected chi connectivity index (χ3v) is 6.41. The molecule has 0 unspecified atom stereocenters. The number of urea groups is 1.